The molecule has 21 heavy (non-hydrogen) atoms. The summed E-state index contributed by atoms with van der Waals surface area (Å²) in [7, 11) is -3.61. The molecule has 4 nitrogen and oxygen atoms in total. The van der Waals surface area contributed by atoms with Gasteiger partial charge in [-0.3, -0.25) is 0 Å². The molecular weight excluding hydrogens is 310 g/mol. The molecule has 0 saturated carbocycles. The van der Waals surface area contributed by atoms with E-state index in [0.29, 0.717) is 16.3 Å². The quantitative estimate of drug-likeness (QED) is 0.922. The van der Waals surface area contributed by atoms with Crippen LogP contribution in [0.3, 0.4) is 0 Å². The first kappa shape index (κ1) is 14.4. The number of rotatable bonds is 2. The number of hydrogen-bond acceptors (Lipinski definition) is 4. The van der Waals surface area contributed by atoms with Crippen LogP contribution in [0, 0.1) is 0 Å². The Morgan fingerprint density at radius 2 is 1.90 bits per heavy atom. The number of fused-ring (bicyclic) bond motifs is 1. The van der Waals surface area contributed by atoms with Crippen molar-refractivity contribution in [1.29, 1.82) is 0 Å². The van der Waals surface area contributed by atoms with Crippen LogP contribution in [0.2, 0.25) is 5.02 Å². The lowest BCUT2D eigenvalue weighted by Crippen LogP contribution is -2.41. The molecule has 3 rings (SSSR count). The molecule has 6 heteroatoms. The van der Waals surface area contributed by atoms with Crippen molar-refractivity contribution in [2.24, 2.45) is 5.73 Å². The molecule has 0 fully saturated rings. The van der Waals surface area contributed by atoms with Crippen molar-refractivity contribution in [1.82, 2.24) is 0 Å². The molecule has 110 valence electrons. The van der Waals surface area contributed by atoms with Crippen molar-refractivity contribution in [3.8, 4) is 5.75 Å². The largest absolute Gasteiger partial charge is 0.492 e. The summed E-state index contributed by atoms with van der Waals surface area (Å²) in [4.78, 5) is 0.165. The molecule has 2 aromatic rings. The molecule has 1 aliphatic rings. The van der Waals surface area contributed by atoms with Crippen LogP contribution >= 0.6 is 11.6 Å². The zero-order chi connectivity index (χ0) is 15.0. The Morgan fingerprint density at radius 3 is 2.67 bits per heavy atom. The summed E-state index contributed by atoms with van der Waals surface area (Å²) in [6.07, 6.45) is 0. The Hall–Kier alpha value is -1.56. The summed E-state index contributed by atoms with van der Waals surface area (Å²) in [5, 5.41) is -0.451. The lowest BCUT2D eigenvalue weighted by Gasteiger charge is -2.30. The number of halogens is 1. The third kappa shape index (κ3) is 2.52. The fraction of sp³-hybridized carbons (Fsp3) is 0.200. The van der Waals surface area contributed by atoms with E-state index in [1.54, 1.807) is 24.3 Å². The molecule has 2 unspecified atom stereocenters. The van der Waals surface area contributed by atoms with Gasteiger partial charge in [0.15, 0.2) is 9.84 Å². The van der Waals surface area contributed by atoms with Crippen molar-refractivity contribution in [3.05, 3.63) is 59.1 Å². The van der Waals surface area contributed by atoms with Gasteiger partial charge >= 0.3 is 0 Å². The van der Waals surface area contributed by atoms with E-state index in [0.717, 1.165) is 0 Å². The van der Waals surface area contributed by atoms with Crippen LogP contribution in [0.4, 0.5) is 0 Å². The molecule has 0 amide bonds. The van der Waals surface area contributed by atoms with Crippen molar-refractivity contribution in [3.63, 3.8) is 0 Å². The van der Waals surface area contributed by atoms with Gasteiger partial charge < -0.3 is 10.5 Å². The number of benzene rings is 2. The van der Waals surface area contributed by atoms with Crippen LogP contribution in [0.1, 0.15) is 11.6 Å². The van der Waals surface area contributed by atoms with Gasteiger partial charge in [0.25, 0.3) is 0 Å². The van der Waals surface area contributed by atoms with Crippen LogP contribution in [0.25, 0.3) is 0 Å². The second-order valence-electron chi connectivity index (χ2n) is 4.92. The minimum absolute atomic E-state index is 0.0347. The molecule has 2 aromatic carbocycles. The number of para-hydroxylation sites is 1. The van der Waals surface area contributed by atoms with Crippen molar-refractivity contribution in [2.75, 3.05) is 6.61 Å². The molecule has 0 aliphatic carbocycles. The van der Waals surface area contributed by atoms with Gasteiger partial charge in [0.1, 0.15) is 17.6 Å². The molecule has 1 heterocycles. The first-order valence-electron chi connectivity index (χ1n) is 6.47. The maximum atomic E-state index is 12.7. The van der Waals surface area contributed by atoms with Gasteiger partial charge in [-0.15, -0.1) is 0 Å². The zero-order valence-corrected chi connectivity index (χ0v) is 12.6. The highest BCUT2D eigenvalue weighted by atomic mass is 35.5. The minimum atomic E-state index is -3.61. The van der Waals surface area contributed by atoms with Crippen LogP contribution in [-0.4, -0.2) is 20.3 Å². The number of sulfone groups is 1. The smallest absolute Gasteiger partial charge is 0.186 e. The standard InChI is InChI=1S/C15H14ClNO3S/c16-10-4-3-5-11(8-10)21(18,19)14-9-20-13-7-2-1-6-12(13)15(14)17/h1-8,14-15H,9,17H2. The van der Waals surface area contributed by atoms with E-state index in [-0.39, 0.29) is 11.5 Å². The highest BCUT2D eigenvalue weighted by Gasteiger charge is 2.38. The predicted octanol–water partition coefficient (Wildman–Crippen LogP) is 2.57. The Labute approximate surface area is 128 Å². The molecule has 0 radical (unpaired) electrons. The fourth-order valence-electron chi connectivity index (χ4n) is 2.46. The van der Waals surface area contributed by atoms with Crippen LogP contribution < -0.4 is 10.5 Å². The molecule has 0 saturated heterocycles. The van der Waals surface area contributed by atoms with Crippen molar-refractivity contribution < 1.29 is 13.2 Å². The third-order valence-electron chi connectivity index (χ3n) is 3.60. The second-order valence-corrected chi connectivity index (χ2v) is 7.52. The lowest BCUT2D eigenvalue weighted by atomic mass is 10.0. The van der Waals surface area contributed by atoms with Gasteiger partial charge in [-0.25, -0.2) is 8.42 Å². The summed E-state index contributed by atoms with van der Waals surface area (Å²) in [5.41, 5.74) is 6.87. The van der Waals surface area contributed by atoms with E-state index in [1.165, 1.54) is 12.1 Å². The third-order valence-corrected chi connectivity index (χ3v) is 5.98. The van der Waals surface area contributed by atoms with E-state index >= 15 is 0 Å². The Bertz CT molecular complexity index is 776. The van der Waals surface area contributed by atoms with Crippen LogP contribution in [0.5, 0.6) is 5.75 Å². The van der Waals surface area contributed by atoms with E-state index in [4.69, 9.17) is 22.1 Å². The second kappa shape index (κ2) is 5.33. The molecule has 1 aliphatic heterocycles. The maximum Gasteiger partial charge on any atom is 0.186 e. The number of ether oxygens (including phenoxy) is 1. The highest BCUT2D eigenvalue weighted by molar-refractivity contribution is 7.92. The van der Waals surface area contributed by atoms with Gasteiger partial charge in [0.2, 0.25) is 0 Å². The number of hydrogen-bond donors (Lipinski definition) is 1. The molecule has 0 aromatic heterocycles. The van der Waals surface area contributed by atoms with Gasteiger partial charge in [0.05, 0.1) is 10.9 Å². The maximum absolute atomic E-state index is 12.7. The normalized spacial score (nSPS) is 21.4. The van der Waals surface area contributed by atoms with E-state index in [1.807, 2.05) is 12.1 Å². The Morgan fingerprint density at radius 1 is 1.14 bits per heavy atom. The lowest BCUT2D eigenvalue weighted by molar-refractivity contribution is 0.270. The summed E-state index contributed by atoms with van der Waals surface area (Å²) >= 11 is 5.88. The monoisotopic (exact) mass is 323 g/mol. The SMILES string of the molecule is NC1c2ccccc2OCC1S(=O)(=O)c1cccc(Cl)c1. The molecular formula is C15H14ClNO3S. The summed E-state index contributed by atoms with van der Waals surface area (Å²) in [6, 6.07) is 12.8. The van der Waals surface area contributed by atoms with Gasteiger partial charge in [-0.1, -0.05) is 35.9 Å². The molecule has 2 atom stereocenters. The van der Waals surface area contributed by atoms with E-state index in [2.05, 4.69) is 0 Å². The van der Waals surface area contributed by atoms with E-state index < -0.39 is 21.1 Å². The molecule has 0 spiro atoms. The molecule has 2 N–H and O–H groups in total. The first-order valence-corrected chi connectivity index (χ1v) is 8.39. The van der Waals surface area contributed by atoms with Gasteiger partial charge in [-0.05, 0) is 24.3 Å². The van der Waals surface area contributed by atoms with Crippen molar-refractivity contribution >= 4 is 21.4 Å². The summed E-state index contributed by atoms with van der Waals surface area (Å²) in [6.45, 7) is 0.0347. The number of nitrogens with two attached hydrogens (primary N) is 1. The zero-order valence-electron chi connectivity index (χ0n) is 11.1. The Balaban J connectivity index is 2.02. The van der Waals surface area contributed by atoms with Gasteiger partial charge in [-0.2, -0.15) is 0 Å². The highest BCUT2D eigenvalue weighted by Crippen LogP contribution is 2.35. The summed E-state index contributed by atoms with van der Waals surface area (Å²) in [5.74, 6) is 0.641. The van der Waals surface area contributed by atoms with E-state index in [9.17, 15) is 8.42 Å². The average molecular weight is 324 g/mol. The van der Waals surface area contributed by atoms with Gasteiger partial charge in [0, 0.05) is 10.6 Å². The minimum Gasteiger partial charge on any atom is -0.492 e. The predicted molar refractivity (Wildman–Crippen MR) is 81.3 cm³/mol. The topological polar surface area (TPSA) is 69.4 Å². The van der Waals surface area contributed by atoms with Crippen LogP contribution in [-0.2, 0) is 9.84 Å². The summed E-state index contributed by atoms with van der Waals surface area (Å²) < 4.78 is 31.0. The van der Waals surface area contributed by atoms with Crippen molar-refractivity contribution in [2.45, 2.75) is 16.2 Å². The van der Waals surface area contributed by atoms with Crippen LogP contribution in [0.15, 0.2) is 53.4 Å². The molecule has 0 bridgehead atoms. The Kier molecular flexibility index (Phi) is 3.65. The fourth-order valence-corrected chi connectivity index (χ4v) is 4.41. The average Bonchev–Trinajstić information content (AvgIpc) is 2.47. The first-order chi connectivity index (χ1) is 10.00.